The van der Waals surface area contributed by atoms with E-state index in [1.165, 1.54) is 6.07 Å². The van der Waals surface area contributed by atoms with Crippen LogP contribution >= 0.6 is 0 Å². The molecule has 1 heterocycles. The number of hydrogen-bond acceptors (Lipinski definition) is 4. The highest BCUT2D eigenvalue weighted by Gasteiger charge is 2.24. The normalized spacial score (nSPS) is 15.4. The highest BCUT2D eigenvalue weighted by Crippen LogP contribution is 2.24. The predicted molar refractivity (Wildman–Crippen MR) is 67.4 cm³/mol. The lowest BCUT2D eigenvalue weighted by molar-refractivity contribution is -0.384. The summed E-state index contributed by atoms with van der Waals surface area (Å²) < 4.78 is 0. The van der Waals surface area contributed by atoms with E-state index in [0.29, 0.717) is 6.04 Å². The van der Waals surface area contributed by atoms with Gasteiger partial charge in [0.1, 0.15) is 0 Å². The molecule has 1 aromatic carbocycles. The number of anilines is 1. The van der Waals surface area contributed by atoms with Crippen LogP contribution in [0.1, 0.15) is 13.3 Å². The molecule has 0 atom stereocenters. The third-order valence-electron chi connectivity index (χ3n) is 3.04. The fourth-order valence-corrected chi connectivity index (χ4v) is 2.04. The van der Waals surface area contributed by atoms with E-state index in [-0.39, 0.29) is 10.6 Å². The van der Waals surface area contributed by atoms with Crippen molar-refractivity contribution in [3.05, 3.63) is 34.4 Å². The Morgan fingerprint density at radius 1 is 1.53 bits per heavy atom. The number of nitro benzene ring substituents is 1. The first-order valence-corrected chi connectivity index (χ1v) is 5.94. The van der Waals surface area contributed by atoms with Crippen LogP contribution in [-0.2, 0) is 0 Å². The van der Waals surface area contributed by atoms with Gasteiger partial charge in [-0.3, -0.25) is 10.1 Å². The van der Waals surface area contributed by atoms with Gasteiger partial charge in [-0.2, -0.15) is 0 Å². The summed E-state index contributed by atoms with van der Waals surface area (Å²) in [6.07, 6.45) is 1.04. The molecule has 17 heavy (non-hydrogen) atoms. The van der Waals surface area contributed by atoms with E-state index < -0.39 is 0 Å². The van der Waals surface area contributed by atoms with Gasteiger partial charge in [0.05, 0.1) is 11.0 Å². The van der Waals surface area contributed by atoms with Gasteiger partial charge in [0.2, 0.25) is 0 Å². The Hall–Kier alpha value is -1.62. The summed E-state index contributed by atoms with van der Waals surface area (Å²) in [4.78, 5) is 12.7. The average molecular weight is 235 g/mol. The molecule has 1 aliphatic rings. The topological polar surface area (TPSA) is 58.4 Å². The zero-order valence-electron chi connectivity index (χ0n) is 9.93. The highest BCUT2D eigenvalue weighted by molar-refractivity contribution is 5.54. The highest BCUT2D eigenvalue weighted by atomic mass is 16.6. The molecule has 1 aliphatic heterocycles. The number of nitro groups is 1. The third-order valence-corrected chi connectivity index (χ3v) is 3.04. The van der Waals surface area contributed by atoms with Crippen LogP contribution < -0.4 is 10.2 Å². The molecule has 5 nitrogen and oxygen atoms in total. The summed E-state index contributed by atoms with van der Waals surface area (Å²) in [6, 6.07) is 7.36. The molecular weight excluding hydrogens is 218 g/mol. The standard InChI is InChI=1S/C12H17N3O2/c1-2-6-14(12-8-13-9-12)10-4-3-5-11(7-10)15(16)17/h3-5,7,12-13H,2,6,8-9H2,1H3. The number of rotatable bonds is 5. The summed E-state index contributed by atoms with van der Waals surface area (Å²) in [7, 11) is 0. The molecule has 1 aromatic rings. The number of benzene rings is 1. The van der Waals surface area contributed by atoms with Crippen LogP contribution in [0.5, 0.6) is 0 Å². The number of hydrogen-bond donors (Lipinski definition) is 1. The maximum Gasteiger partial charge on any atom is 0.271 e. The van der Waals surface area contributed by atoms with Crippen LogP contribution in [0.4, 0.5) is 11.4 Å². The minimum atomic E-state index is -0.341. The monoisotopic (exact) mass is 235 g/mol. The molecule has 1 fully saturated rings. The third kappa shape index (κ3) is 2.55. The zero-order valence-corrected chi connectivity index (χ0v) is 9.93. The van der Waals surface area contributed by atoms with Crippen molar-refractivity contribution in [2.24, 2.45) is 0 Å². The fraction of sp³-hybridized carbons (Fsp3) is 0.500. The second-order valence-corrected chi connectivity index (χ2v) is 4.28. The smallest absolute Gasteiger partial charge is 0.271 e. The molecule has 0 aromatic heterocycles. The van der Waals surface area contributed by atoms with E-state index in [0.717, 1.165) is 31.7 Å². The lowest BCUT2D eigenvalue weighted by Gasteiger charge is -2.39. The first-order valence-electron chi connectivity index (χ1n) is 5.94. The minimum Gasteiger partial charge on any atom is -0.366 e. The van der Waals surface area contributed by atoms with E-state index >= 15 is 0 Å². The summed E-state index contributed by atoms with van der Waals surface area (Å²) in [5.41, 5.74) is 1.11. The van der Waals surface area contributed by atoms with Gasteiger partial charge in [0, 0.05) is 37.5 Å². The Morgan fingerprint density at radius 2 is 2.29 bits per heavy atom. The second kappa shape index (κ2) is 5.14. The molecule has 0 radical (unpaired) electrons. The molecule has 2 rings (SSSR count). The van der Waals surface area contributed by atoms with Crippen molar-refractivity contribution in [3.8, 4) is 0 Å². The molecule has 0 aliphatic carbocycles. The quantitative estimate of drug-likeness (QED) is 0.624. The first kappa shape index (κ1) is 11.9. The Bertz CT molecular complexity index is 404. The maximum atomic E-state index is 10.8. The largest absolute Gasteiger partial charge is 0.366 e. The lowest BCUT2D eigenvalue weighted by atomic mass is 10.1. The Labute approximate surface area is 101 Å². The van der Waals surface area contributed by atoms with Crippen molar-refractivity contribution in [3.63, 3.8) is 0 Å². The van der Waals surface area contributed by atoms with Crippen molar-refractivity contribution in [1.82, 2.24) is 5.32 Å². The van der Waals surface area contributed by atoms with Crippen molar-refractivity contribution in [2.45, 2.75) is 19.4 Å². The Morgan fingerprint density at radius 3 is 2.82 bits per heavy atom. The summed E-state index contributed by atoms with van der Waals surface area (Å²) >= 11 is 0. The van der Waals surface area contributed by atoms with Crippen LogP contribution in [-0.4, -0.2) is 30.6 Å². The van der Waals surface area contributed by atoms with E-state index in [1.54, 1.807) is 12.1 Å². The van der Waals surface area contributed by atoms with Gasteiger partial charge < -0.3 is 10.2 Å². The van der Waals surface area contributed by atoms with Gasteiger partial charge in [-0.25, -0.2) is 0 Å². The molecule has 92 valence electrons. The minimum absolute atomic E-state index is 0.163. The molecule has 0 bridgehead atoms. The molecule has 1 saturated heterocycles. The summed E-state index contributed by atoms with van der Waals surface area (Å²) in [6.45, 7) is 4.98. The van der Waals surface area contributed by atoms with Gasteiger partial charge in [-0.15, -0.1) is 0 Å². The van der Waals surface area contributed by atoms with E-state index in [4.69, 9.17) is 0 Å². The maximum absolute atomic E-state index is 10.8. The Kier molecular flexibility index (Phi) is 3.58. The van der Waals surface area contributed by atoms with E-state index in [9.17, 15) is 10.1 Å². The molecule has 1 N–H and O–H groups in total. The molecular formula is C12H17N3O2. The van der Waals surface area contributed by atoms with Gasteiger partial charge >= 0.3 is 0 Å². The number of nitrogens with one attached hydrogen (secondary N) is 1. The Balaban J connectivity index is 2.22. The summed E-state index contributed by atoms with van der Waals surface area (Å²) in [5.74, 6) is 0. The molecule has 0 saturated carbocycles. The van der Waals surface area contributed by atoms with E-state index in [2.05, 4.69) is 17.1 Å². The SMILES string of the molecule is CCCN(c1cccc([N+](=O)[O-])c1)C1CNC1. The molecule has 0 amide bonds. The van der Waals surface area contributed by atoms with Gasteiger partial charge in [-0.1, -0.05) is 13.0 Å². The number of nitrogens with zero attached hydrogens (tertiary/aromatic N) is 2. The van der Waals surface area contributed by atoms with Crippen molar-refractivity contribution < 1.29 is 4.92 Å². The lowest BCUT2D eigenvalue weighted by Crippen LogP contribution is -2.57. The fourth-order valence-electron chi connectivity index (χ4n) is 2.04. The molecule has 5 heteroatoms. The van der Waals surface area contributed by atoms with Crippen LogP contribution in [0.25, 0.3) is 0 Å². The van der Waals surface area contributed by atoms with E-state index in [1.807, 2.05) is 6.07 Å². The van der Waals surface area contributed by atoms with Crippen LogP contribution in [0.2, 0.25) is 0 Å². The molecule has 0 spiro atoms. The van der Waals surface area contributed by atoms with Crippen LogP contribution in [0.3, 0.4) is 0 Å². The molecule has 0 unspecified atom stereocenters. The zero-order chi connectivity index (χ0) is 12.3. The van der Waals surface area contributed by atoms with Gasteiger partial charge in [-0.05, 0) is 12.5 Å². The number of non-ortho nitro benzene ring substituents is 1. The van der Waals surface area contributed by atoms with Crippen LogP contribution in [0, 0.1) is 10.1 Å². The van der Waals surface area contributed by atoms with Crippen molar-refractivity contribution >= 4 is 11.4 Å². The van der Waals surface area contributed by atoms with Gasteiger partial charge in [0.25, 0.3) is 5.69 Å². The van der Waals surface area contributed by atoms with Crippen LogP contribution in [0.15, 0.2) is 24.3 Å². The van der Waals surface area contributed by atoms with Crippen molar-refractivity contribution in [2.75, 3.05) is 24.5 Å². The average Bonchev–Trinajstić information content (AvgIpc) is 2.26. The predicted octanol–water partition coefficient (Wildman–Crippen LogP) is 1.78. The first-order chi connectivity index (χ1) is 8.22. The van der Waals surface area contributed by atoms with Gasteiger partial charge in [0.15, 0.2) is 0 Å². The van der Waals surface area contributed by atoms with Crippen molar-refractivity contribution in [1.29, 1.82) is 0 Å². The summed E-state index contributed by atoms with van der Waals surface area (Å²) in [5, 5.41) is 14.0. The second-order valence-electron chi connectivity index (χ2n) is 4.28.